The van der Waals surface area contributed by atoms with Crippen molar-refractivity contribution in [2.24, 2.45) is 4.99 Å². The van der Waals surface area contributed by atoms with Gasteiger partial charge in [-0.1, -0.05) is 42.1 Å². The van der Waals surface area contributed by atoms with Crippen molar-refractivity contribution in [1.82, 2.24) is 0 Å². The van der Waals surface area contributed by atoms with Crippen molar-refractivity contribution in [2.45, 2.75) is 26.7 Å². The number of rotatable bonds is 5. The summed E-state index contributed by atoms with van der Waals surface area (Å²) in [4.78, 5) is 16.2. The molecule has 1 aliphatic heterocycles. The molecule has 0 aromatic heterocycles. The number of ketones is 1. The summed E-state index contributed by atoms with van der Waals surface area (Å²) in [5.41, 5.74) is 3.45. The molecule has 27 heavy (non-hydrogen) atoms. The quantitative estimate of drug-likeness (QED) is 0.420. The average Bonchev–Trinajstić information content (AvgIpc) is 2.69. The van der Waals surface area contributed by atoms with E-state index in [9.17, 15) is 4.79 Å². The summed E-state index contributed by atoms with van der Waals surface area (Å²) >= 11 is 1.40. The molecule has 5 heteroatoms. The van der Waals surface area contributed by atoms with Crippen LogP contribution in [0.5, 0.6) is 5.75 Å². The number of benzene rings is 2. The van der Waals surface area contributed by atoms with Crippen molar-refractivity contribution in [2.75, 3.05) is 6.61 Å². The first-order valence-electron chi connectivity index (χ1n) is 8.95. The van der Waals surface area contributed by atoms with Crippen LogP contribution in [0.4, 0.5) is 0 Å². The van der Waals surface area contributed by atoms with Gasteiger partial charge in [0.15, 0.2) is 5.78 Å². The summed E-state index contributed by atoms with van der Waals surface area (Å²) in [6, 6.07) is 15.1. The number of nitrogens with zero attached hydrogens (tertiary/aromatic N) is 1. The maximum absolute atomic E-state index is 11.4. The van der Waals surface area contributed by atoms with Gasteiger partial charge >= 0.3 is 0 Å². The zero-order valence-corrected chi connectivity index (χ0v) is 16.3. The molecular weight excluding hydrogens is 356 g/mol. The molecule has 2 aromatic rings. The van der Waals surface area contributed by atoms with Crippen molar-refractivity contribution in [3.05, 3.63) is 71.3 Å². The Labute approximate surface area is 163 Å². The summed E-state index contributed by atoms with van der Waals surface area (Å²) < 4.78 is 5.45. The van der Waals surface area contributed by atoms with Crippen LogP contribution in [-0.4, -0.2) is 22.5 Å². The fraction of sp³-hybridized carbons (Fsp3) is 0.227. The van der Waals surface area contributed by atoms with Crippen molar-refractivity contribution in [3.63, 3.8) is 0 Å². The molecule has 2 aromatic carbocycles. The van der Waals surface area contributed by atoms with E-state index in [0.717, 1.165) is 40.5 Å². The first-order chi connectivity index (χ1) is 13.1. The van der Waals surface area contributed by atoms with Crippen molar-refractivity contribution >= 4 is 33.3 Å². The Kier molecular flexibility index (Phi) is 6.24. The van der Waals surface area contributed by atoms with Crippen LogP contribution in [0.15, 0.2) is 59.6 Å². The Balaban J connectivity index is 1.70. The van der Waals surface area contributed by atoms with E-state index in [-0.39, 0.29) is 5.78 Å². The van der Waals surface area contributed by atoms with E-state index in [0.29, 0.717) is 17.2 Å². The standard InChI is InChI=1S/C22H22N2O2S/c1-3-26-19-13-11-18(12-14-19)22(23)27-21-6-4-5-20(24-21)17-9-7-16(8-10-17)15(2)25/h5,7-14,23H,3-4,6H2,1-2H3. The molecule has 0 amide bonds. The van der Waals surface area contributed by atoms with Crippen LogP contribution in [0.25, 0.3) is 5.70 Å². The van der Waals surface area contributed by atoms with Gasteiger partial charge in [-0.2, -0.15) is 0 Å². The second-order valence-corrected chi connectivity index (χ2v) is 7.24. The first kappa shape index (κ1) is 19.1. The molecule has 0 saturated heterocycles. The number of aliphatic imine (C=N–C) groups is 1. The van der Waals surface area contributed by atoms with E-state index in [1.165, 1.54) is 11.8 Å². The number of nitrogens with one attached hydrogen (secondary N) is 1. The number of carbonyl (C=O) groups is 1. The predicted molar refractivity (Wildman–Crippen MR) is 113 cm³/mol. The molecule has 1 N–H and O–H groups in total. The average molecular weight is 378 g/mol. The number of carbonyl (C=O) groups excluding carboxylic acids is 1. The topological polar surface area (TPSA) is 62.5 Å². The summed E-state index contributed by atoms with van der Waals surface area (Å²) in [5.74, 6) is 0.871. The van der Waals surface area contributed by atoms with Crippen LogP contribution in [-0.2, 0) is 0 Å². The van der Waals surface area contributed by atoms with Crippen LogP contribution in [0, 0.1) is 5.41 Å². The van der Waals surface area contributed by atoms with Gasteiger partial charge in [-0.15, -0.1) is 0 Å². The zero-order chi connectivity index (χ0) is 19.2. The molecule has 0 saturated carbocycles. The largest absolute Gasteiger partial charge is 0.494 e. The lowest BCUT2D eigenvalue weighted by Crippen LogP contribution is -2.04. The molecule has 1 heterocycles. The second-order valence-electron chi connectivity index (χ2n) is 6.16. The van der Waals surface area contributed by atoms with E-state index in [1.54, 1.807) is 6.92 Å². The lowest BCUT2D eigenvalue weighted by atomic mass is 10.1. The summed E-state index contributed by atoms with van der Waals surface area (Å²) in [6.07, 6.45) is 3.83. The van der Waals surface area contributed by atoms with Crippen LogP contribution >= 0.6 is 11.8 Å². The van der Waals surface area contributed by atoms with Crippen LogP contribution in [0.1, 0.15) is 48.2 Å². The minimum absolute atomic E-state index is 0.0581. The highest BCUT2D eigenvalue weighted by Gasteiger charge is 2.13. The van der Waals surface area contributed by atoms with Crippen LogP contribution in [0.2, 0.25) is 0 Å². The molecule has 1 aliphatic rings. The Bertz CT molecular complexity index is 897. The lowest BCUT2D eigenvalue weighted by Gasteiger charge is -2.14. The van der Waals surface area contributed by atoms with Gasteiger partial charge in [0.25, 0.3) is 0 Å². The fourth-order valence-corrected chi connectivity index (χ4v) is 3.60. The minimum Gasteiger partial charge on any atom is -0.494 e. The maximum Gasteiger partial charge on any atom is 0.159 e. The van der Waals surface area contributed by atoms with E-state index < -0.39 is 0 Å². The van der Waals surface area contributed by atoms with Gasteiger partial charge in [0.1, 0.15) is 10.8 Å². The van der Waals surface area contributed by atoms with Gasteiger partial charge < -0.3 is 4.74 Å². The molecule has 0 fully saturated rings. The fourth-order valence-electron chi connectivity index (χ4n) is 2.75. The van der Waals surface area contributed by atoms with Gasteiger partial charge in [-0.25, -0.2) is 4.99 Å². The van der Waals surface area contributed by atoms with Crippen molar-refractivity contribution in [1.29, 1.82) is 5.41 Å². The van der Waals surface area contributed by atoms with Gasteiger partial charge in [-0.05, 0) is 56.5 Å². The molecular formula is C22H22N2O2S. The Morgan fingerprint density at radius 1 is 1.11 bits per heavy atom. The minimum atomic E-state index is 0.0581. The van der Waals surface area contributed by atoms with Crippen LogP contribution in [0.3, 0.4) is 0 Å². The summed E-state index contributed by atoms with van der Waals surface area (Å²) in [7, 11) is 0. The normalized spacial score (nSPS) is 13.6. The molecule has 0 bridgehead atoms. The number of allylic oxidation sites excluding steroid dienone is 1. The first-order valence-corrected chi connectivity index (χ1v) is 9.77. The summed E-state index contributed by atoms with van der Waals surface area (Å²) in [5, 5.41) is 9.78. The van der Waals surface area contributed by atoms with Crippen molar-refractivity contribution < 1.29 is 9.53 Å². The third-order valence-corrected chi connectivity index (χ3v) is 5.15. The molecule has 138 valence electrons. The molecule has 0 radical (unpaired) electrons. The molecule has 0 aliphatic carbocycles. The third-order valence-electron chi connectivity index (χ3n) is 4.18. The molecule has 0 atom stereocenters. The Morgan fingerprint density at radius 2 is 1.78 bits per heavy atom. The third kappa shape index (κ3) is 4.95. The Morgan fingerprint density at radius 3 is 2.41 bits per heavy atom. The molecule has 0 unspecified atom stereocenters. The van der Waals surface area contributed by atoms with Gasteiger partial charge in [0.05, 0.1) is 17.3 Å². The number of ether oxygens (including phenoxy) is 1. The van der Waals surface area contributed by atoms with Gasteiger partial charge in [0.2, 0.25) is 0 Å². The molecule has 0 spiro atoms. The highest BCUT2D eigenvalue weighted by molar-refractivity contribution is 8.26. The smallest absolute Gasteiger partial charge is 0.159 e. The highest BCUT2D eigenvalue weighted by atomic mass is 32.2. The van der Waals surface area contributed by atoms with E-state index in [1.807, 2.05) is 55.5 Å². The lowest BCUT2D eigenvalue weighted by molar-refractivity contribution is 0.101. The monoisotopic (exact) mass is 378 g/mol. The SMILES string of the molecule is CCOc1ccc(C(=N)SC2=NC(c3ccc(C(C)=O)cc3)=CCC2)cc1. The number of hydrogen-bond donors (Lipinski definition) is 1. The van der Waals surface area contributed by atoms with Gasteiger partial charge in [0, 0.05) is 11.1 Å². The predicted octanol–water partition coefficient (Wildman–Crippen LogP) is 5.58. The van der Waals surface area contributed by atoms with E-state index >= 15 is 0 Å². The number of hydrogen-bond acceptors (Lipinski definition) is 5. The van der Waals surface area contributed by atoms with E-state index in [4.69, 9.17) is 15.1 Å². The van der Waals surface area contributed by atoms with Crippen molar-refractivity contribution in [3.8, 4) is 5.75 Å². The van der Waals surface area contributed by atoms with E-state index in [2.05, 4.69) is 6.08 Å². The Hall–Kier alpha value is -2.66. The van der Waals surface area contributed by atoms with Crippen LogP contribution < -0.4 is 4.74 Å². The summed E-state index contributed by atoms with van der Waals surface area (Å²) in [6.45, 7) is 4.14. The molecule has 3 rings (SSSR count). The van der Waals surface area contributed by atoms with Gasteiger partial charge in [-0.3, -0.25) is 10.2 Å². The zero-order valence-electron chi connectivity index (χ0n) is 15.5. The maximum atomic E-state index is 11.4. The molecule has 4 nitrogen and oxygen atoms in total. The number of Topliss-reactive ketones (excluding diaryl/α,β-unsaturated/α-hetero) is 1. The second kappa shape index (κ2) is 8.82. The highest BCUT2D eigenvalue weighted by Crippen LogP contribution is 2.28. The number of thioether (sulfide) groups is 1.